The SMILES string of the molecule is CN(CC(=O)NC1CCNCC1)C(=O)c1ccc(Br)s1.Cl. The molecule has 118 valence electrons. The van der Waals surface area contributed by atoms with E-state index in [-0.39, 0.29) is 36.8 Å². The van der Waals surface area contributed by atoms with E-state index in [0.29, 0.717) is 4.88 Å². The van der Waals surface area contributed by atoms with Crippen LogP contribution in [0.3, 0.4) is 0 Å². The maximum atomic E-state index is 12.1. The lowest BCUT2D eigenvalue weighted by Gasteiger charge is -2.25. The number of hydrogen-bond acceptors (Lipinski definition) is 4. The molecule has 1 aliphatic rings. The number of piperidine rings is 1. The second-order valence-corrected chi connectivity index (χ2v) is 7.32. The number of halogens is 2. The number of thiophene rings is 1. The summed E-state index contributed by atoms with van der Waals surface area (Å²) in [5, 5.41) is 6.23. The Morgan fingerprint density at radius 3 is 2.67 bits per heavy atom. The third kappa shape index (κ3) is 5.58. The molecule has 0 spiro atoms. The van der Waals surface area contributed by atoms with E-state index in [9.17, 15) is 9.59 Å². The molecule has 2 heterocycles. The van der Waals surface area contributed by atoms with Gasteiger partial charge in [0, 0.05) is 13.1 Å². The van der Waals surface area contributed by atoms with Gasteiger partial charge in [-0.15, -0.1) is 23.7 Å². The molecule has 1 aromatic rings. The molecular weight excluding hydrogens is 378 g/mol. The Labute approximate surface area is 143 Å². The minimum Gasteiger partial charge on any atom is -0.352 e. The number of amides is 2. The molecule has 21 heavy (non-hydrogen) atoms. The van der Waals surface area contributed by atoms with Crippen molar-refractivity contribution in [3.8, 4) is 0 Å². The Morgan fingerprint density at radius 1 is 1.43 bits per heavy atom. The number of nitrogens with zero attached hydrogens (tertiary/aromatic N) is 1. The van der Waals surface area contributed by atoms with Crippen molar-refractivity contribution in [3.05, 3.63) is 20.8 Å². The Hall–Kier alpha value is -0.630. The fourth-order valence-corrected chi connectivity index (χ4v) is 3.52. The smallest absolute Gasteiger partial charge is 0.264 e. The summed E-state index contributed by atoms with van der Waals surface area (Å²) in [5.74, 6) is -0.218. The number of carbonyl (C=O) groups excluding carboxylic acids is 2. The highest BCUT2D eigenvalue weighted by Crippen LogP contribution is 2.22. The molecule has 2 N–H and O–H groups in total. The zero-order chi connectivity index (χ0) is 14.5. The van der Waals surface area contributed by atoms with Gasteiger partial charge in [-0.05, 0) is 54.0 Å². The molecule has 8 heteroatoms. The van der Waals surface area contributed by atoms with Crippen LogP contribution < -0.4 is 10.6 Å². The molecule has 0 aromatic carbocycles. The van der Waals surface area contributed by atoms with Gasteiger partial charge < -0.3 is 15.5 Å². The predicted octanol–water partition coefficient (Wildman–Crippen LogP) is 1.87. The van der Waals surface area contributed by atoms with E-state index in [2.05, 4.69) is 26.6 Å². The molecule has 1 aromatic heterocycles. The van der Waals surface area contributed by atoms with Crippen molar-refractivity contribution in [3.63, 3.8) is 0 Å². The van der Waals surface area contributed by atoms with Crippen molar-refractivity contribution in [2.45, 2.75) is 18.9 Å². The number of carbonyl (C=O) groups is 2. The molecule has 0 atom stereocenters. The van der Waals surface area contributed by atoms with E-state index in [0.717, 1.165) is 29.7 Å². The van der Waals surface area contributed by atoms with Gasteiger partial charge in [0.1, 0.15) is 0 Å². The minimum atomic E-state index is -0.124. The fourth-order valence-electron chi connectivity index (χ4n) is 2.14. The van der Waals surface area contributed by atoms with E-state index < -0.39 is 0 Å². The van der Waals surface area contributed by atoms with Crippen LogP contribution >= 0.6 is 39.7 Å². The summed E-state index contributed by atoms with van der Waals surface area (Å²) in [7, 11) is 1.65. The molecule has 2 amide bonds. The maximum absolute atomic E-state index is 12.1. The van der Waals surface area contributed by atoms with Crippen molar-refractivity contribution in [1.29, 1.82) is 0 Å². The van der Waals surface area contributed by atoms with Gasteiger partial charge in [-0.25, -0.2) is 0 Å². The standard InChI is InChI=1S/C13H18BrN3O2S.ClH/c1-17(13(19)10-2-3-11(14)20-10)8-12(18)16-9-4-6-15-7-5-9;/h2-3,9,15H,4-8H2,1H3,(H,16,18);1H. The summed E-state index contributed by atoms with van der Waals surface area (Å²) >= 11 is 4.70. The van der Waals surface area contributed by atoms with E-state index >= 15 is 0 Å². The second-order valence-electron chi connectivity index (χ2n) is 4.86. The molecular formula is C13H19BrClN3O2S. The Bertz CT molecular complexity index is 492. The van der Waals surface area contributed by atoms with Crippen LogP contribution in [0.4, 0.5) is 0 Å². The molecule has 5 nitrogen and oxygen atoms in total. The lowest BCUT2D eigenvalue weighted by molar-refractivity contribution is -0.122. The van der Waals surface area contributed by atoms with Crippen LogP contribution in [0.25, 0.3) is 0 Å². The Morgan fingerprint density at radius 2 is 2.10 bits per heavy atom. The molecule has 1 aliphatic heterocycles. The number of likely N-dealkylation sites (N-methyl/N-ethyl adjacent to an activating group) is 1. The topological polar surface area (TPSA) is 61.4 Å². The number of hydrogen-bond donors (Lipinski definition) is 2. The molecule has 2 rings (SSSR count). The first-order valence-corrected chi connectivity index (χ1v) is 8.18. The van der Waals surface area contributed by atoms with Crippen LogP contribution in [-0.2, 0) is 4.79 Å². The summed E-state index contributed by atoms with van der Waals surface area (Å²) in [4.78, 5) is 26.1. The van der Waals surface area contributed by atoms with Gasteiger partial charge in [-0.3, -0.25) is 9.59 Å². The highest BCUT2D eigenvalue weighted by atomic mass is 79.9. The van der Waals surface area contributed by atoms with E-state index in [1.165, 1.54) is 16.2 Å². The third-order valence-corrected chi connectivity index (χ3v) is 4.83. The van der Waals surface area contributed by atoms with Crippen LogP contribution in [0.15, 0.2) is 15.9 Å². The van der Waals surface area contributed by atoms with Gasteiger partial charge in [0.15, 0.2) is 0 Å². The first kappa shape index (κ1) is 18.4. The van der Waals surface area contributed by atoms with Gasteiger partial charge >= 0.3 is 0 Å². The van der Waals surface area contributed by atoms with Gasteiger partial charge in [0.2, 0.25) is 5.91 Å². The van der Waals surface area contributed by atoms with Gasteiger partial charge in [0.05, 0.1) is 15.2 Å². The zero-order valence-corrected chi connectivity index (χ0v) is 14.9. The zero-order valence-electron chi connectivity index (χ0n) is 11.7. The lowest BCUT2D eigenvalue weighted by atomic mass is 10.1. The normalized spacial score (nSPS) is 15.1. The quantitative estimate of drug-likeness (QED) is 0.817. The predicted molar refractivity (Wildman–Crippen MR) is 90.3 cm³/mol. The molecule has 0 radical (unpaired) electrons. The summed E-state index contributed by atoms with van der Waals surface area (Å²) in [6, 6.07) is 3.82. The van der Waals surface area contributed by atoms with Crippen molar-refractivity contribution in [1.82, 2.24) is 15.5 Å². The van der Waals surface area contributed by atoms with Crippen molar-refractivity contribution in [2.75, 3.05) is 26.7 Å². The second kappa shape index (κ2) is 8.73. The molecule has 0 bridgehead atoms. The maximum Gasteiger partial charge on any atom is 0.264 e. The van der Waals surface area contributed by atoms with Gasteiger partial charge in [-0.1, -0.05) is 0 Å². The largest absolute Gasteiger partial charge is 0.352 e. The lowest BCUT2D eigenvalue weighted by Crippen LogP contribution is -2.46. The first-order chi connectivity index (χ1) is 9.56. The molecule has 0 saturated carbocycles. The average molecular weight is 397 g/mol. The minimum absolute atomic E-state index is 0. The Kier molecular flexibility index (Phi) is 7.65. The molecule has 0 aliphatic carbocycles. The van der Waals surface area contributed by atoms with Crippen molar-refractivity contribution < 1.29 is 9.59 Å². The average Bonchev–Trinajstić information content (AvgIpc) is 2.85. The Balaban J connectivity index is 0.00000220. The molecule has 0 unspecified atom stereocenters. The molecule has 1 saturated heterocycles. The fraction of sp³-hybridized carbons (Fsp3) is 0.538. The number of rotatable bonds is 4. The van der Waals surface area contributed by atoms with Crippen LogP contribution in [0, 0.1) is 0 Å². The van der Waals surface area contributed by atoms with Crippen molar-refractivity contribution in [2.24, 2.45) is 0 Å². The monoisotopic (exact) mass is 395 g/mol. The summed E-state index contributed by atoms with van der Waals surface area (Å²) in [6.07, 6.45) is 1.89. The summed E-state index contributed by atoms with van der Waals surface area (Å²) in [5.41, 5.74) is 0. The molecule has 1 fully saturated rings. The third-order valence-electron chi connectivity index (χ3n) is 3.22. The summed E-state index contributed by atoms with van der Waals surface area (Å²) < 4.78 is 0.911. The van der Waals surface area contributed by atoms with Crippen LogP contribution in [0.5, 0.6) is 0 Å². The van der Waals surface area contributed by atoms with Gasteiger partial charge in [0.25, 0.3) is 5.91 Å². The first-order valence-electron chi connectivity index (χ1n) is 6.57. The van der Waals surface area contributed by atoms with E-state index in [1.54, 1.807) is 13.1 Å². The van der Waals surface area contributed by atoms with E-state index in [4.69, 9.17) is 0 Å². The van der Waals surface area contributed by atoms with E-state index in [1.807, 2.05) is 6.07 Å². The van der Waals surface area contributed by atoms with Crippen molar-refractivity contribution >= 4 is 51.5 Å². The summed E-state index contributed by atoms with van der Waals surface area (Å²) in [6.45, 7) is 1.96. The van der Waals surface area contributed by atoms with Crippen LogP contribution in [-0.4, -0.2) is 49.4 Å². The van der Waals surface area contributed by atoms with Gasteiger partial charge in [-0.2, -0.15) is 0 Å². The highest BCUT2D eigenvalue weighted by Gasteiger charge is 2.19. The van der Waals surface area contributed by atoms with Crippen LogP contribution in [0.2, 0.25) is 0 Å². The highest BCUT2D eigenvalue weighted by molar-refractivity contribution is 9.11. The van der Waals surface area contributed by atoms with Crippen LogP contribution in [0.1, 0.15) is 22.5 Å². The number of nitrogens with one attached hydrogen (secondary N) is 2.